The molecule has 0 unspecified atom stereocenters. The molecule has 1 saturated carbocycles. The predicted octanol–water partition coefficient (Wildman–Crippen LogP) is 3.31. The average molecular weight is 335 g/mol. The third kappa shape index (κ3) is 4.63. The average Bonchev–Trinajstić information content (AvgIpc) is 2.56. The molecule has 6 heteroatoms. The van der Waals surface area contributed by atoms with Crippen molar-refractivity contribution >= 4 is 17.6 Å². The quantitative estimate of drug-likeness (QED) is 0.833. The fourth-order valence-corrected chi connectivity index (χ4v) is 2.93. The smallest absolute Gasteiger partial charge is 0.306 e. The maximum atomic E-state index is 12.5. The van der Waals surface area contributed by atoms with Gasteiger partial charge in [0, 0.05) is 12.0 Å². The summed E-state index contributed by atoms with van der Waals surface area (Å²) in [7, 11) is 1.57. The summed E-state index contributed by atoms with van der Waals surface area (Å²) < 4.78 is 10.9. The Kier molecular flexibility index (Phi) is 6.06. The lowest BCUT2D eigenvalue weighted by atomic mass is 9.81. The molecule has 0 aromatic heterocycles. The Morgan fingerprint density at radius 2 is 1.79 bits per heavy atom. The van der Waals surface area contributed by atoms with E-state index in [0.29, 0.717) is 42.9 Å². The zero-order valence-electron chi connectivity index (χ0n) is 14.4. The van der Waals surface area contributed by atoms with E-state index in [0.717, 1.165) is 0 Å². The van der Waals surface area contributed by atoms with Gasteiger partial charge < -0.3 is 19.9 Å². The van der Waals surface area contributed by atoms with Gasteiger partial charge in [-0.2, -0.15) is 0 Å². The van der Waals surface area contributed by atoms with Crippen molar-refractivity contribution in [2.24, 2.45) is 11.8 Å². The van der Waals surface area contributed by atoms with E-state index in [1.54, 1.807) is 25.3 Å². The van der Waals surface area contributed by atoms with Crippen molar-refractivity contribution in [1.29, 1.82) is 0 Å². The summed E-state index contributed by atoms with van der Waals surface area (Å²) in [5, 5.41) is 12.0. The first-order valence-corrected chi connectivity index (χ1v) is 8.29. The number of benzene rings is 1. The molecule has 1 aliphatic carbocycles. The van der Waals surface area contributed by atoms with Crippen molar-refractivity contribution in [2.45, 2.75) is 45.6 Å². The Bertz CT molecular complexity index is 591. The number of carbonyl (C=O) groups is 2. The van der Waals surface area contributed by atoms with Crippen LogP contribution in [0.5, 0.6) is 11.5 Å². The maximum absolute atomic E-state index is 12.5. The van der Waals surface area contributed by atoms with E-state index in [4.69, 9.17) is 14.6 Å². The summed E-state index contributed by atoms with van der Waals surface area (Å²) >= 11 is 0. The molecule has 132 valence electrons. The van der Waals surface area contributed by atoms with E-state index in [1.807, 2.05) is 13.8 Å². The first kappa shape index (κ1) is 18.1. The van der Waals surface area contributed by atoms with E-state index in [9.17, 15) is 9.59 Å². The van der Waals surface area contributed by atoms with Crippen LogP contribution >= 0.6 is 0 Å². The fraction of sp³-hybridized carbons (Fsp3) is 0.556. The van der Waals surface area contributed by atoms with Gasteiger partial charge in [-0.25, -0.2) is 0 Å². The van der Waals surface area contributed by atoms with E-state index in [1.165, 1.54) is 0 Å². The monoisotopic (exact) mass is 335 g/mol. The fourth-order valence-electron chi connectivity index (χ4n) is 2.93. The van der Waals surface area contributed by atoms with Crippen LogP contribution in [-0.2, 0) is 9.59 Å². The second-order valence-electron chi connectivity index (χ2n) is 6.40. The zero-order chi connectivity index (χ0) is 17.7. The topological polar surface area (TPSA) is 84.9 Å². The summed E-state index contributed by atoms with van der Waals surface area (Å²) in [4.78, 5) is 23.5. The van der Waals surface area contributed by atoms with E-state index in [-0.39, 0.29) is 23.8 Å². The van der Waals surface area contributed by atoms with Gasteiger partial charge in [0.05, 0.1) is 24.8 Å². The number of amides is 1. The highest BCUT2D eigenvalue weighted by atomic mass is 16.5. The number of ether oxygens (including phenoxy) is 2. The van der Waals surface area contributed by atoms with Crippen molar-refractivity contribution in [3.63, 3.8) is 0 Å². The van der Waals surface area contributed by atoms with Crippen molar-refractivity contribution in [2.75, 3.05) is 12.4 Å². The molecule has 0 atom stereocenters. The number of carboxylic acids is 1. The molecular formula is C18H25NO5. The Balaban J connectivity index is 2.06. The highest BCUT2D eigenvalue weighted by Gasteiger charge is 2.30. The Morgan fingerprint density at radius 3 is 2.33 bits per heavy atom. The SMILES string of the molecule is COc1ccc(OC(C)C)c(NC(=O)C2CCC(C(=O)O)CC2)c1. The number of methoxy groups -OCH3 is 1. The van der Waals surface area contributed by atoms with Gasteiger partial charge in [-0.3, -0.25) is 9.59 Å². The normalized spacial score (nSPS) is 20.5. The molecule has 0 spiro atoms. The van der Waals surface area contributed by atoms with Crippen LogP contribution in [0.3, 0.4) is 0 Å². The van der Waals surface area contributed by atoms with Crippen molar-refractivity contribution in [1.82, 2.24) is 0 Å². The van der Waals surface area contributed by atoms with Crippen LogP contribution in [-0.4, -0.2) is 30.2 Å². The number of hydrogen-bond donors (Lipinski definition) is 2. The molecule has 1 aromatic rings. The van der Waals surface area contributed by atoms with Gasteiger partial charge in [-0.1, -0.05) is 0 Å². The molecule has 6 nitrogen and oxygen atoms in total. The predicted molar refractivity (Wildman–Crippen MR) is 90.5 cm³/mol. The summed E-state index contributed by atoms with van der Waals surface area (Å²) in [6.45, 7) is 3.84. The van der Waals surface area contributed by atoms with Gasteiger partial charge in [0.25, 0.3) is 0 Å². The Hall–Kier alpha value is -2.24. The molecule has 24 heavy (non-hydrogen) atoms. The number of aliphatic carboxylic acids is 1. The lowest BCUT2D eigenvalue weighted by Gasteiger charge is -2.25. The number of carbonyl (C=O) groups excluding carboxylic acids is 1. The first-order chi connectivity index (χ1) is 11.4. The lowest BCUT2D eigenvalue weighted by Crippen LogP contribution is -2.29. The standard InChI is InChI=1S/C18H25NO5/c1-11(2)24-16-9-8-14(23-3)10-15(16)19-17(20)12-4-6-13(7-5-12)18(21)22/h8-13H,4-7H2,1-3H3,(H,19,20)(H,21,22). The van der Waals surface area contributed by atoms with Gasteiger partial charge in [0.2, 0.25) is 5.91 Å². The van der Waals surface area contributed by atoms with Gasteiger partial charge >= 0.3 is 5.97 Å². The third-order valence-corrected chi connectivity index (χ3v) is 4.25. The van der Waals surface area contributed by atoms with Crippen LogP contribution in [0.4, 0.5) is 5.69 Å². The van der Waals surface area contributed by atoms with Crippen molar-refractivity contribution < 1.29 is 24.2 Å². The van der Waals surface area contributed by atoms with Crippen molar-refractivity contribution in [3.8, 4) is 11.5 Å². The second kappa shape index (κ2) is 8.04. The minimum atomic E-state index is -0.769. The zero-order valence-corrected chi connectivity index (χ0v) is 14.4. The summed E-state index contributed by atoms with van der Waals surface area (Å²) in [5.74, 6) is -0.131. The lowest BCUT2D eigenvalue weighted by molar-refractivity contribution is -0.143. The highest BCUT2D eigenvalue weighted by Crippen LogP contribution is 2.33. The highest BCUT2D eigenvalue weighted by molar-refractivity contribution is 5.94. The molecule has 0 saturated heterocycles. The van der Waals surface area contributed by atoms with Crippen LogP contribution in [0, 0.1) is 11.8 Å². The van der Waals surface area contributed by atoms with Crippen LogP contribution in [0.1, 0.15) is 39.5 Å². The molecule has 2 rings (SSSR count). The van der Waals surface area contributed by atoms with Gasteiger partial charge in [0.15, 0.2) is 0 Å². The molecule has 1 aliphatic rings. The number of nitrogens with one attached hydrogen (secondary N) is 1. The van der Waals surface area contributed by atoms with E-state index in [2.05, 4.69) is 5.32 Å². The molecule has 0 bridgehead atoms. The molecule has 0 radical (unpaired) electrons. The number of hydrogen-bond acceptors (Lipinski definition) is 4. The molecule has 1 fully saturated rings. The van der Waals surface area contributed by atoms with Gasteiger partial charge in [-0.05, 0) is 51.7 Å². The second-order valence-corrected chi connectivity index (χ2v) is 6.40. The van der Waals surface area contributed by atoms with Crippen LogP contribution in [0.2, 0.25) is 0 Å². The first-order valence-electron chi connectivity index (χ1n) is 8.29. The van der Waals surface area contributed by atoms with Crippen LogP contribution in [0.15, 0.2) is 18.2 Å². The molecule has 0 heterocycles. The summed E-state index contributed by atoms with van der Waals surface area (Å²) in [6.07, 6.45) is 2.25. The van der Waals surface area contributed by atoms with Crippen LogP contribution in [0.25, 0.3) is 0 Å². The molecular weight excluding hydrogens is 310 g/mol. The van der Waals surface area contributed by atoms with Gasteiger partial charge in [0.1, 0.15) is 11.5 Å². The molecule has 1 aromatic carbocycles. The Labute approximate surface area is 142 Å². The number of carboxylic acid groups (broad SMARTS) is 1. The van der Waals surface area contributed by atoms with E-state index >= 15 is 0 Å². The largest absolute Gasteiger partial charge is 0.497 e. The Morgan fingerprint density at radius 1 is 1.17 bits per heavy atom. The molecule has 0 aliphatic heterocycles. The van der Waals surface area contributed by atoms with Crippen molar-refractivity contribution in [3.05, 3.63) is 18.2 Å². The van der Waals surface area contributed by atoms with Gasteiger partial charge in [-0.15, -0.1) is 0 Å². The third-order valence-electron chi connectivity index (χ3n) is 4.25. The number of anilines is 1. The minimum Gasteiger partial charge on any atom is -0.497 e. The van der Waals surface area contributed by atoms with E-state index < -0.39 is 5.97 Å². The maximum Gasteiger partial charge on any atom is 0.306 e. The molecule has 2 N–H and O–H groups in total. The summed E-state index contributed by atoms with van der Waals surface area (Å²) in [6, 6.07) is 5.29. The minimum absolute atomic E-state index is 0.0138. The van der Waals surface area contributed by atoms with Crippen LogP contribution < -0.4 is 14.8 Å². The number of rotatable bonds is 6. The molecule has 1 amide bonds. The summed E-state index contributed by atoms with van der Waals surface area (Å²) in [5.41, 5.74) is 0.577.